The number of carbonyl (C=O) groups is 2. The lowest BCUT2D eigenvalue weighted by Gasteiger charge is -2.16. The number of carbonyl (C=O) groups excluding carboxylic acids is 2. The predicted octanol–water partition coefficient (Wildman–Crippen LogP) is 0.473. The van der Waals surface area contributed by atoms with Gasteiger partial charge in [0.15, 0.2) is 0 Å². The normalized spacial score (nSPS) is 11.8. The Labute approximate surface area is 93.9 Å². The monoisotopic (exact) mass is 221 g/mol. The topological polar surface area (TPSA) is 66.4 Å². The second kappa shape index (κ2) is 5.90. The Morgan fingerprint density at radius 2 is 1.94 bits per heavy atom. The van der Waals surface area contributed by atoms with Gasteiger partial charge in [-0.05, 0) is 12.5 Å². The van der Waals surface area contributed by atoms with E-state index < -0.39 is 17.9 Å². The van der Waals surface area contributed by atoms with Gasteiger partial charge in [-0.25, -0.2) is 0 Å². The Kier molecular flexibility index (Phi) is 4.51. The molecule has 1 rings (SSSR count). The minimum atomic E-state index is -1.26. The van der Waals surface area contributed by atoms with Crippen molar-refractivity contribution in [2.75, 3.05) is 6.61 Å². The number of aliphatic carboxylic acids is 1. The average molecular weight is 221 g/mol. The number of benzene rings is 1. The van der Waals surface area contributed by atoms with Crippen LogP contribution in [0.2, 0.25) is 0 Å². The number of hydrogen-bond donors (Lipinski definition) is 0. The molecule has 1 aromatic carbocycles. The lowest BCUT2D eigenvalue weighted by molar-refractivity contribution is -0.306. The molecule has 4 heteroatoms. The summed E-state index contributed by atoms with van der Waals surface area (Å²) in [6.45, 7) is 1.91. The lowest BCUT2D eigenvalue weighted by Crippen LogP contribution is -2.28. The summed E-state index contributed by atoms with van der Waals surface area (Å²) in [6.07, 6.45) is -0.358. The highest BCUT2D eigenvalue weighted by Crippen LogP contribution is 2.20. The van der Waals surface area contributed by atoms with E-state index in [9.17, 15) is 14.7 Å². The summed E-state index contributed by atoms with van der Waals surface area (Å²) in [5.74, 6) is -2.58. The molecule has 0 fully saturated rings. The molecule has 0 bridgehead atoms. The van der Waals surface area contributed by atoms with Crippen molar-refractivity contribution in [3.63, 3.8) is 0 Å². The second-order valence-corrected chi connectivity index (χ2v) is 3.29. The molecule has 0 unspecified atom stereocenters. The van der Waals surface area contributed by atoms with Crippen LogP contribution in [0.25, 0.3) is 0 Å². The first-order chi connectivity index (χ1) is 7.65. The van der Waals surface area contributed by atoms with Crippen LogP contribution in [0.4, 0.5) is 0 Å². The van der Waals surface area contributed by atoms with E-state index in [0.717, 1.165) is 0 Å². The van der Waals surface area contributed by atoms with Crippen LogP contribution in [0, 0.1) is 0 Å². The van der Waals surface area contributed by atoms with Gasteiger partial charge in [-0.3, -0.25) is 4.79 Å². The summed E-state index contributed by atoms with van der Waals surface area (Å²) in [4.78, 5) is 22.1. The summed E-state index contributed by atoms with van der Waals surface area (Å²) in [5.41, 5.74) is 0.630. The van der Waals surface area contributed by atoms with Crippen LogP contribution in [0.15, 0.2) is 30.3 Å². The second-order valence-electron chi connectivity index (χ2n) is 3.29. The fourth-order valence-corrected chi connectivity index (χ4v) is 1.43. The van der Waals surface area contributed by atoms with Gasteiger partial charge in [-0.1, -0.05) is 30.3 Å². The van der Waals surface area contributed by atoms with E-state index in [0.29, 0.717) is 5.56 Å². The van der Waals surface area contributed by atoms with Gasteiger partial charge in [0, 0.05) is 12.4 Å². The van der Waals surface area contributed by atoms with Gasteiger partial charge in [0.1, 0.15) is 0 Å². The van der Waals surface area contributed by atoms with Gasteiger partial charge in [0.05, 0.1) is 12.5 Å². The molecule has 0 spiro atoms. The van der Waals surface area contributed by atoms with Crippen molar-refractivity contribution in [3.8, 4) is 0 Å². The van der Waals surface area contributed by atoms with Gasteiger partial charge >= 0.3 is 5.97 Å². The molecule has 0 amide bonds. The molecular formula is C12H13O4-. The highest BCUT2D eigenvalue weighted by atomic mass is 16.5. The van der Waals surface area contributed by atoms with Crippen molar-refractivity contribution >= 4 is 11.9 Å². The minimum absolute atomic E-state index is 0.231. The smallest absolute Gasteiger partial charge is 0.313 e. The zero-order valence-electron chi connectivity index (χ0n) is 9.01. The van der Waals surface area contributed by atoms with Crippen molar-refractivity contribution in [1.82, 2.24) is 0 Å². The first-order valence-corrected chi connectivity index (χ1v) is 5.06. The predicted molar refractivity (Wildman–Crippen MR) is 55.4 cm³/mol. The minimum Gasteiger partial charge on any atom is -0.550 e. The zero-order valence-corrected chi connectivity index (χ0v) is 9.01. The number of rotatable bonds is 5. The molecule has 16 heavy (non-hydrogen) atoms. The molecule has 0 heterocycles. The molecule has 0 saturated carbocycles. The Bertz CT molecular complexity index is 359. The van der Waals surface area contributed by atoms with E-state index in [1.165, 1.54) is 0 Å². The molecule has 0 aliphatic heterocycles. The highest BCUT2D eigenvalue weighted by Gasteiger charge is 2.21. The van der Waals surface area contributed by atoms with Crippen LogP contribution in [0.5, 0.6) is 0 Å². The number of ether oxygens (including phenoxy) is 1. The molecule has 0 saturated heterocycles. The quantitative estimate of drug-likeness (QED) is 0.678. The standard InChI is InChI=1S/C12H14O4/c1-2-16-12(15)10(8-11(13)14)9-6-4-3-5-7-9/h3-7,10H,2,8H2,1H3,(H,13,14)/p-1/t10-/m0/s1. The van der Waals surface area contributed by atoms with Gasteiger partial charge in [0.25, 0.3) is 0 Å². The SMILES string of the molecule is CCOC(=O)[C@@H](CC(=O)[O-])c1ccccc1. The maximum atomic E-state index is 11.6. The van der Waals surface area contributed by atoms with Crippen molar-refractivity contribution in [3.05, 3.63) is 35.9 Å². The van der Waals surface area contributed by atoms with Crippen LogP contribution in [0.1, 0.15) is 24.8 Å². The van der Waals surface area contributed by atoms with Crippen molar-refractivity contribution < 1.29 is 19.4 Å². The Morgan fingerprint density at radius 1 is 1.31 bits per heavy atom. The summed E-state index contributed by atoms with van der Waals surface area (Å²) >= 11 is 0. The molecule has 0 radical (unpaired) electrons. The van der Waals surface area contributed by atoms with Crippen LogP contribution >= 0.6 is 0 Å². The van der Waals surface area contributed by atoms with Gasteiger partial charge in [0.2, 0.25) is 0 Å². The van der Waals surface area contributed by atoms with E-state index in [4.69, 9.17) is 4.74 Å². The molecule has 0 aromatic heterocycles. The molecule has 1 atom stereocenters. The lowest BCUT2D eigenvalue weighted by atomic mass is 9.96. The molecule has 0 aliphatic rings. The number of esters is 1. The highest BCUT2D eigenvalue weighted by molar-refractivity contribution is 5.83. The van der Waals surface area contributed by atoms with Crippen LogP contribution in [-0.2, 0) is 14.3 Å². The van der Waals surface area contributed by atoms with E-state index in [2.05, 4.69) is 0 Å². The van der Waals surface area contributed by atoms with Gasteiger partial charge in [-0.15, -0.1) is 0 Å². The maximum absolute atomic E-state index is 11.6. The summed E-state index contributed by atoms with van der Waals surface area (Å²) in [7, 11) is 0. The van der Waals surface area contributed by atoms with Crippen molar-refractivity contribution in [2.45, 2.75) is 19.3 Å². The molecule has 0 aliphatic carbocycles. The fourth-order valence-electron chi connectivity index (χ4n) is 1.43. The number of hydrogen-bond acceptors (Lipinski definition) is 4. The van der Waals surface area contributed by atoms with E-state index in [1.54, 1.807) is 37.3 Å². The first kappa shape index (κ1) is 12.2. The molecule has 0 N–H and O–H groups in total. The number of carboxylic acids is 1. The van der Waals surface area contributed by atoms with E-state index in [-0.39, 0.29) is 13.0 Å². The first-order valence-electron chi connectivity index (χ1n) is 5.06. The van der Waals surface area contributed by atoms with Gasteiger partial charge in [-0.2, -0.15) is 0 Å². The van der Waals surface area contributed by atoms with Crippen molar-refractivity contribution in [2.24, 2.45) is 0 Å². The third-order valence-corrected chi connectivity index (χ3v) is 2.14. The maximum Gasteiger partial charge on any atom is 0.313 e. The van der Waals surface area contributed by atoms with E-state index in [1.807, 2.05) is 0 Å². The number of carboxylic acid groups (broad SMARTS) is 1. The van der Waals surface area contributed by atoms with Crippen LogP contribution in [-0.4, -0.2) is 18.5 Å². The zero-order chi connectivity index (χ0) is 12.0. The summed E-state index contributed by atoms with van der Waals surface area (Å²) in [6, 6.07) is 8.69. The van der Waals surface area contributed by atoms with Crippen LogP contribution in [0.3, 0.4) is 0 Å². The fraction of sp³-hybridized carbons (Fsp3) is 0.333. The van der Waals surface area contributed by atoms with Crippen LogP contribution < -0.4 is 5.11 Å². The third-order valence-electron chi connectivity index (χ3n) is 2.14. The Morgan fingerprint density at radius 3 is 2.44 bits per heavy atom. The Hall–Kier alpha value is -1.84. The molecule has 86 valence electrons. The molecular weight excluding hydrogens is 208 g/mol. The summed E-state index contributed by atoms with van der Waals surface area (Å²) < 4.78 is 4.83. The summed E-state index contributed by atoms with van der Waals surface area (Å²) in [5, 5.41) is 10.6. The van der Waals surface area contributed by atoms with Gasteiger partial charge < -0.3 is 14.6 Å². The molecule has 4 nitrogen and oxygen atoms in total. The van der Waals surface area contributed by atoms with E-state index >= 15 is 0 Å². The largest absolute Gasteiger partial charge is 0.550 e. The Balaban J connectivity index is 2.87. The van der Waals surface area contributed by atoms with Crippen molar-refractivity contribution in [1.29, 1.82) is 0 Å². The molecule has 1 aromatic rings. The third kappa shape index (κ3) is 3.38. The average Bonchev–Trinajstić information content (AvgIpc) is 2.27.